The molecule has 2 aromatic heterocycles. The molecule has 0 radical (unpaired) electrons. The summed E-state index contributed by atoms with van der Waals surface area (Å²) in [6.07, 6.45) is 1.84. The van der Waals surface area contributed by atoms with E-state index in [1.807, 2.05) is 0 Å². The molecule has 0 unspecified atom stereocenters. The van der Waals surface area contributed by atoms with Gasteiger partial charge in [-0.25, -0.2) is 9.78 Å². The summed E-state index contributed by atoms with van der Waals surface area (Å²) in [5.41, 5.74) is 0.742. The van der Waals surface area contributed by atoms with Crippen LogP contribution in [0.4, 0.5) is 0 Å². The van der Waals surface area contributed by atoms with Gasteiger partial charge in [0.1, 0.15) is 6.10 Å². The zero-order chi connectivity index (χ0) is 11.8. The third-order valence-corrected chi connectivity index (χ3v) is 2.58. The van der Waals surface area contributed by atoms with E-state index in [9.17, 15) is 4.79 Å². The number of nitrogens with one attached hydrogen (secondary N) is 1. The van der Waals surface area contributed by atoms with Crippen molar-refractivity contribution in [2.45, 2.75) is 12.4 Å². The standard InChI is InChI=1S/C9H10N4O4/c14-2-7-16-3-6(17-7)5-1-12-13-8(5)10-4-11-9(13)15/h1,4,6-7,14H,2-3H2,(H,10,11,15)/t6-,7-/m0/s1. The minimum atomic E-state index is -0.628. The van der Waals surface area contributed by atoms with E-state index in [1.165, 1.54) is 12.5 Å². The second kappa shape index (κ2) is 3.91. The molecule has 0 spiro atoms. The number of fused-ring (bicyclic) bond motifs is 1. The van der Waals surface area contributed by atoms with Crippen LogP contribution in [-0.4, -0.2) is 44.2 Å². The largest absolute Gasteiger partial charge is 0.391 e. The van der Waals surface area contributed by atoms with E-state index in [0.717, 1.165) is 4.52 Å². The van der Waals surface area contributed by atoms with Crippen molar-refractivity contribution in [1.82, 2.24) is 19.6 Å². The predicted molar refractivity (Wildman–Crippen MR) is 54.3 cm³/mol. The van der Waals surface area contributed by atoms with E-state index in [4.69, 9.17) is 14.6 Å². The quantitative estimate of drug-likeness (QED) is 0.683. The second-order valence-electron chi connectivity index (χ2n) is 3.61. The van der Waals surface area contributed by atoms with Gasteiger partial charge in [0.25, 0.3) is 0 Å². The summed E-state index contributed by atoms with van der Waals surface area (Å²) in [5, 5.41) is 12.8. The molecule has 1 fully saturated rings. The topological polar surface area (TPSA) is 102 Å². The van der Waals surface area contributed by atoms with Crippen LogP contribution >= 0.6 is 0 Å². The van der Waals surface area contributed by atoms with E-state index < -0.39 is 6.29 Å². The van der Waals surface area contributed by atoms with Crippen LogP contribution < -0.4 is 5.69 Å². The molecule has 0 bridgehead atoms. The van der Waals surface area contributed by atoms with E-state index in [-0.39, 0.29) is 18.4 Å². The first-order chi connectivity index (χ1) is 8.29. The molecular formula is C9H10N4O4. The average molecular weight is 238 g/mol. The lowest BCUT2D eigenvalue weighted by Gasteiger charge is -2.07. The van der Waals surface area contributed by atoms with Gasteiger partial charge in [0.2, 0.25) is 0 Å². The molecule has 0 amide bonds. The van der Waals surface area contributed by atoms with Crippen LogP contribution in [0, 0.1) is 0 Å². The van der Waals surface area contributed by atoms with Gasteiger partial charge in [-0.2, -0.15) is 9.61 Å². The second-order valence-corrected chi connectivity index (χ2v) is 3.61. The van der Waals surface area contributed by atoms with Gasteiger partial charge in [-0.05, 0) is 0 Å². The van der Waals surface area contributed by atoms with Crippen molar-refractivity contribution in [2.24, 2.45) is 0 Å². The minimum Gasteiger partial charge on any atom is -0.391 e. The number of aromatic nitrogens is 4. The van der Waals surface area contributed by atoms with Crippen molar-refractivity contribution in [1.29, 1.82) is 0 Å². The van der Waals surface area contributed by atoms with Crippen molar-refractivity contribution in [2.75, 3.05) is 13.2 Å². The van der Waals surface area contributed by atoms with Gasteiger partial charge in [0.05, 0.1) is 25.7 Å². The summed E-state index contributed by atoms with van der Waals surface area (Å²) in [4.78, 5) is 17.9. The number of nitrogens with zero attached hydrogens (tertiary/aromatic N) is 3. The summed E-state index contributed by atoms with van der Waals surface area (Å²) < 4.78 is 11.8. The first-order valence-corrected chi connectivity index (χ1v) is 5.09. The maximum absolute atomic E-state index is 11.4. The Balaban J connectivity index is 2.02. The molecule has 1 saturated heterocycles. The summed E-state index contributed by atoms with van der Waals surface area (Å²) in [5.74, 6) is 0. The Kier molecular flexibility index (Phi) is 2.39. The van der Waals surface area contributed by atoms with Gasteiger partial charge >= 0.3 is 5.69 Å². The molecule has 90 valence electrons. The predicted octanol–water partition coefficient (Wildman–Crippen LogP) is -1.18. The van der Waals surface area contributed by atoms with Crippen LogP contribution in [0.25, 0.3) is 5.65 Å². The van der Waals surface area contributed by atoms with Gasteiger partial charge in [-0.1, -0.05) is 0 Å². The Morgan fingerprint density at radius 2 is 2.53 bits per heavy atom. The van der Waals surface area contributed by atoms with Gasteiger partial charge in [-0.15, -0.1) is 0 Å². The molecule has 0 aliphatic carbocycles. The molecule has 8 heteroatoms. The highest BCUT2D eigenvalue weighted by Gasteiger charge is 2.29. The normalized spacial score (nSPS) is 24.5. The number of aromatic amines is 1. The molecule has 0 saturated carbocycles. The van der Waals surface area contributed by atoms with Crippen molar-refractivity contribution < 1.29 is 14.6 Å². The number of aliphatic hydroxyl groups is 1. The minimum absolute atomic E-state index is 0.205. The Bertz CT molecular complexity index is 592. The highest BCUT2D eigenvalue weighted by Crippen LogP contribution is 2.27. The smallest absolute Gasteiger partial charge is 0.349 e. The van der Waals surface area contributed by atoms with E-state index >= 15 is 0 Å². The maximum Gasteiger partial charge on any atom is 0.349 e. The summed E-state index contributed by atoms with van der Waals surface area (Å²) in [6, 6.07) is 0. The summed E-state index contributed by atoms with van der Waals surface area (Å²) in [7, 11) is 0. The molecule has 3 rings (SSSR count). The lowest BCUT2D eigenvalue weighted by atomic mass is 10.2. The van der Waals surface area contributed by atoms with Crippen LogP contribution in [-0.2, 0) is 9.47 Å². The van der Waals surface area contributed by atoms with Crippen LogP contribution in [0.2, 0.25) is 0 Å². The summed E-state index contributed by atoms with van der Waals surface area (Å²) >= 11 is 0. The third kappa shape index (κ3) is 1.62. The number of rotatable bonds is 2. The molecule has 2 atom stereocenters. The van der Waals surface area contributed by atoms with Crippen molar-refractivity contribution in [3.8, 4) is 0 Å². The fourth-order valence-corrected chi connectivity index (χ4v) is 1.78. The fourth-order valence-electron chi connectivity index (χ4n) is 1.78. The lowest BCUT2D eigenvalue weighted by molar-refractivity contribution is -0.0880. The van der Waals surface area contributed by atoms with E-state index in [2.05, 4.69) is 15.1 Å². The number of aliphatic hydroxyl groups excluding tert-OH is 1. The molecule has 3 heterocycles. The highest BCUT2D eigenvalue weighted by molar-refractivity contribution is 5.46. The van der Waals surface area contributed by atoms with Gasteiger partial charge in [0, 0.05) is 5.56 Å². The SMILES string of the molecule is O=c1[nH]cnc2c([C@@H]3CO[C@H](CO)O3)cnn12. The van der Waals surface area contributed by atoms with Gasteiger partial charge in [-0.3, -0.25) is 4.98 Å². The van der Waals surface area contributed by atoms with Crippen LogP contribution in [0.3, 0.4) is 0 Å². The first kappa shape index (κ1) is 10.4. The Hall–Kier alpha value is -1.77. The zero-order valence-electron chi connectivity index (χ0n) is 8.74. The number of H-pyrrole nitrogens is 1. The summed E-state index contributed by atoms with van der Waals surface area (Å²) in [6.45, 7) is 0.102. The first-order valence-electron chi connectivity index (χ1n) is 5.09. The molecule has 1 aliphatic rings. The van der Waals surface area contributed by atoms with Crippen molar-refractivity contribution in [3.63, 3.8) is 0 Å². The molecule has 1 aliphatic heterocycles. The van der Waals surface area contributed by atoms with Crippen LogP contribution in [0.1, 0.15) is 11.7 Å². The average Bonchev–Trinajstić information content (AvgIpc) is 2.94. The molecule has 17 heavy (non-hydrogen) atoms. The fraction of sp³-hybridized carbons (Fsp3) is 0.444. The van der Waals surface area contributed by atoms with Gasteiger partial charge in [0.15, 0.2) is 11.9 Å². The number of ether oxygens (including phenoxy) is 2. The molecule has 8 nitrogen and oxygen atoms in total. The Morgan fingerprint density at radius 1 is 1.65 bits per heavy atom. The Morgan fingerprint density at radius 3 is 3.29 bits per heavy atom. The molecule has 2 N–H and O–H groups in total. The molecule has 2 aromatic rings. The van der Waals surface area contributed by atoms with E-state index in [0.29, 0.717) is 17.8 Å². The highest BCUT2D eigenvalue weighted by atomic mass is 16.7. The lowest BCUT2D eigenvalue weighted by Crippen LogP contribution is -2.17. The molecular weight excluding hydrogens is 228 g/mol. The monoisotopic (exact) mass is 238 g/mol. The van der Waals surface area contributed by atoms with Gasteiger partial charge < -0.3 is 14.6 Å². The third-order valence-electron chi connectivity index (χ3n) is 2.58. The van der Waals surface area contributed by atoms with Crippen LogP contribution in [0.15, 0.2) is 17.3 Å². The maximum atomic E-state index is 11.4. The Labute approximate surface area is 94.8 Å². The molecule has 0 aromatic carbocycles. The number of hydrogen-bond donors (Lipinski definition) is 2. The van der Waals surface area contributed by atoms with Crippen LogP contribution in [0.5, 0.6) is 0 Å². The zero-order valence-corrected chi connectivity index (χ0v) is 8.74. The van der Waals surface area contributed by atoms with Crippen molar-refractivity contribution >= 4 is 5.65 Å². The van der Waals surface area contributed by atoms with Crippen molar-refractivity contribution in [3.05, 3.63) is 28.6 Å². The van der Waals surface area contributed by atoms with E-state index in [1.54, 1.807) is 0 Å². The number of hydrogen-bond acceptors (Lipinski definition) is 6.